The van der Waals surface area contributed by atoms with E-state index in [1.807, 2.05) is 39.0 Å². The van der Waals surface area contributed by atoms with Crippen molar-refractivity contribution in [3.63, 3.8) is 0 Å². The molecule has 0 saturated carbocycles. The molecule has 25 heavy (non-hydrogen) atoms. The summed E-state index contributed by atoms with van der Waals surface area (Å²) in [4.78, 5) is 24.7. The number of aliphatic carboxylic acids is 1. The molecule has 0 aliphatic rings. The van der Waals surface area contributed by atoms with Crippen molar-refractivity contribution < 1.29 is 14.7 Å². The van der Waals surface area contributed by atoms with Crippen molar-refractivity contribution in [1.29, 1.82) is 0 Å². The van der Waals surface area contributed by atoms with Gasteiger partial charge in [-0.05, 0) is 32.8 Å². The number of hydrogen-bond acceptors (Lipinski definition) is 3. The number of nitrogens with zero attached hydrogens (tertiary/aromatic N) is 2. The van der Waals surface area contributed by atoms with Crippen molar-refractivity contribution in [3.05, 3.63) is 52.8 Å². The fraction of sp³-hybridized carbons (Fsp3) is 0.421. The Hall–Kier alpha value is -2.63. The highest BCUT2D eigenvalue weighted by molar-refractivity contribution is 5.97. The van der Waals surface area contributed by atoms with Crippen LogP contribution < -0.4 is 5.32 Å². The minimum Gasteiger partial charge on any atom is -0.481 e. The first-order valence-corrected chi connectivity index (χ1v) is 8.48. The number of nitrogens with one attached hydrogen (secondary N) is 1. The third-order valence-corrected chi connectivity index (χ3v) is 4.80. The molecule has 6 heteroatoms. The second kappa shape index (κ2) is 7.51. The second-order valence-electron chi connectivity index (χ2n) is 6.15. The van der Waals surface area contributed by atoms with Gasteiger partial charge in [-0.1, -0.05) is 37.3 Å². The largest absolute Gasteiger partial charge is 0.481 e. The summed E-state index contributed by atoms with van der Waals surface area (Å²) in [5, 5.41) is 17.0. The van der Waals surface area contributed by atoms with E-state index in [2.05, 4.69) is 10.4 Å². The zero-order valence-electron chi connectivity index (χ0n) is 15.2. The van der Waals surface area contributed by atoms with E-state index >= 15 is 0 Å². The Morgan fingerprint density at radius 3 is 2.32 bits per heavy atom. The number of benzene rings is 1. The predicted octanol–water partition coefficient (Wildman–Crippen LogP) is 2.68. The van der Waals surface area contributed by atoms with Gasteiger partial charge in [-0.25, -0.2) is 0 Å². The fourth-order valence-corrected chi connectivity index (χ4v) is 3.19. The molecular weight excluding hydrogens is 318 g/mol. The quantitative estimate of drug-likeness (QED) is 0.809. The van der Waals surface area contributed by atoms with Gasteiger partial charge in [-0.2, -0.15) is 5.10 Å². The Bertz CT molecular complexity index is 768. The maximum absolute atomic E-state index is 12.7. The minimum absolute atomic E-state index is 0.0257. The van der Waals surface area contributed by atoms with Crippen molar-refractivity contribution in [2.75, 3.05) is 6.54 Å². The Morgan fingerprint density at radius 1 is 1.20 bits per heavy atom. The van der Waals surface area contributed by atoms with Crippen molar-refractivity contribution in [2.45, 2.75) is 46.1 Å². The van der Waals surface area contributed by atoms with Gasteiger partial charge in [0.2, 0.25) is 0 Å². The van der Waals surface area contributed by atoms with Crippen LogP contribution in [0.3, 0.4) is 0 Å². The lowest BCUT2D eigenvalue weighted by molar-refractivity contribution is -0.143. The van der Waals surface area contributed by atoms with Crippen LogP contribution in [0.1, 0.15) is 47.6 Å². The third kappa shape index (κ3) is 3.43. The molecule has 1 atom stereocenters. The normalized spacial score (nSPS) is 13.3. The van der Waals surface area contributed by atoms with Crippen LogP contribution in [0.5, 0.6) is 0 Å². The second-order valence-corrected chi connectivity index (χ2v) is 6.15. The van der Waals surface area contributed by atoms with E-state index < -0.39 is 11.4 Å². The molecule has 1 amide bonds. The van der Waals surface area contributed by atoms with Crippen molar-refractivity contribution in [1.82, 2.24) is 15.1 Å². The summed E-state index contributed by atoms with van der Waals surface area (Å²) in [6.07, 6.45) is 0.374. The highest BCUT2D eigenvalue weighted by atomic mass is 16.4. The molecule has 0 spiro atoms. The topological polar surface area (TPSA) is 84.2 Å². The van der Waals surface area contributed by atoms with Gasteiger partial charge in [-0.15, -0.1) is 0 Å². The molecule has 0 aliphatic carbocycles. The van der Waals surface area contributed by atoms with E-state index in [4.69, 9.17) is 0 Å². The molecule has 2 N–H and O–H groups in total. The Kier molecular flexibility index (Phi) is 5.62. The summed E-state index contributed by atoms with van der Waals surface area (Å²) in [6, 6.07) is 9.04. The van der Waals surface area contributed by atoms with Crippen LogP contribution in [-0.2, 0) is 16.8 Å². The summed E-state index contributed by atoms with van der Waals surface area (Å²) in [6.45, 7) is 8.12. The van der Waals surface area contributed by atoms with Crippen LogP contribution in [0.2, 0.25) is 0 Å². The van der Waals surface area contributed by atoms with Gasteiger partial charge in [0.15, 0.2) is 0 Å². The monoisotopic (exact) mass is 343 g/mol. The van der Waals surface area contributed by atoms with Crippen LogP contribution in [0.15, 0.2) is 30.3 Å². The molecule has 1 unspecified atom stereocenters. The first-order valence-electron chi connectivity index (χ1n) is 8.48. The molecule has 0 aliphatic heterocycles. The number of carbonyl (C=O) groups excluding carboxylic acids is 1. The van der Waals surface area contributed by atoms with Gasteiger partial charge in [0.05, 0.1) is 11.3 Å². The molecule has 134 valence electrons. The zero-order chi connectivity index (χ0) is 18.6. The average Bonchev–Trinajstić information content (AvgIpc) is 2.90. The van der Waals surface area contributed by atoms with Crippen molar-refractivity contribution in [3.8, 4) is 0 Å². The first-order chi connectivity index (χ1) is 11.9. The van der Waals surface area contributed by atoms with E-state index in [-0.39, 0.29) is 12.5 Å². The molecule has 0 saturated heterocycles. The third-order valence-electron chi connectivity index (χ3n) is 4.80. The van der Waals surface area contributed by atoms with E-state index in [0.29, 0.717) is 29.8 Å². The zero-order valence-corrected chi connectivity index (χ0v) is 15.2. The number of hydrogen-bond donors (Lipinski definition) is 2. The highest BCUT2D eigenvalue weighted by Gasteiger charge is 2.39. The van der Waals surface area contributed by atoms with Crippen molar-refractivity contribution >= 4 is 11.9 Å². The first kappa shape index (κ1) is 18.7. The Balaban J connectivity index is 2.29. The maximum atomic E-state index is 12.7. The van der Waals surface area contributed by atoms with Gasteiger partial charge < -0.3 is 10.4 Å². The molecule has 1 aromatic heterocycles. The van der Waals surface area contributed by atoms with E-state index in [1.165, 1.54) is 0 Å². The molecule has 1 aromatic carbocycles. The number of carboxylic acid groups (broad SMARTS) is 1. The van der Waals surface area contributed by atoms with Crippen LogP contribution in [0, 0.1) is 13.8 Å². The number of amides is 1. The van der Waals surface area contributed by atoms with Crippen LogP contribution in [-0.4, -0.2) is 33.3 Å². The van der Waals surface area contributed by atoms with Crippen LogP contribution >= 0.6 is 0 Å². The standard InChI is InChI=1S/C19H25N3O3/c1-5-19(18(24)25,15-10-8-7-9-11-15)12-20-17(23)16-13(3)21-22(6-2)14(16)4/h7-11H,5-6,12H2,1-4H3,(H,20,23)(H,24,25). The Morgan fingerprint density at radius 2 is 1.84 bits per heavy atom. The van der Waals surface area contributed by atoms with Gasteiger partial charge in [0, 0.05) is 18.8 Å². The number of carbonyl (C=O) groups is 2. The molecule has 2 aromatic rings. The lowest BCUT2D eigenvalue weighted by atomic mass is 9.78. The van der Waals surface area contributed by atoms with E-state index in [0.717, 1.165) is 5.69 Å². The van der Waals surface area contributed by atoms with Crippen LogP contribution in [0.25, 0.3) is 0 Å². The lowest BCUT2D eigenvalue weighted by Crippen LogP contribution is -2.46. The molecule has 0 fully saturated rings. The molecule has 6 nitrogen and oxygen atoms in total. The predicted molar refractivity (Wildman–Crippen MR) is 95.8 cm³/mol. The van der Waals surface area contributed by atoms with E-state index in [9.17, 15) is 14.7 Å². The van der Waals surface area contributed by atoms with Gasteiger partial charge in [0.25, 0.3) is 5.91 Å². The number of rotatable bonds is 7. The molecule has 1 heterocycles. The Labute approximate surface area is 147 Å². The summed E-state index contributed by atoms with van der Waals surface area (Å²) in [5.74, 6) is -1.23. The molecular formula is C19H25N3O3. The molecule has 0 radical (unpaired) electrons. The smallest absolute Gasteiger partial charge is 0.315 e. The van der Waals surface area contributed by atoms with Gasteiger partial charge in [0.1, 0.15) is 5.41 Å². The number of carboxylic acids is 1. The minimum atomic E-state index is -1.15. The van der Waals surface area contributed by atoms with Crippen molar-refractivity contribution in [2.24, 2.45) is 0 Å². The summed E-state index contributed by atoms with van der Waals surface area (Å²) in [7, 11) is 0. The number of aromatic nitrogens is 2. The summed E-state index contributed by atoms with van der Waals surface area (Å²) >= 11 is 0. The maximum Gasteiger partial charge on any atom is 0.315 e. The van der Waals surface area contributed by atoms with Gasteiger partial charge >= 0.3 is 5.97 Å². The highest BCUT2D eigenvalue weighted by Crippen LogP contribution is 2.28. The fourth-order valence-electron chi connectivity index (χ4n) is 3.19. The molecule has 0 bridgehead atoms. The molecule has 2 rings (SSSR count). The van der Waals surface area contributed by atoms with E-state index in [1.54, 1.807) is 23.7 Å². The SMILES string of the molecule is CCn1nc(C)c(C(=O)NCC(CC)(C(=O)O)c2ccccc2)c1C. The summed E-state index contributed by atoms with van der Waals surface area (Å²) < 4.78 is 1.77. The van der Waals surface area contributed by atoms with Gasteiger partial charge in [-0.3, -0.25) is 14.3 Å². The summed E-state index contributed by atoms with van der Waals surface area (Å²) in [5.41, 5.74) is 1.48. The average molecular weight is 343 g/mol. The number of aryl methyl sites for hydroxylation is 2. The van der Waals surface area contributed by atoms with Crippen LogP contribution in [0.4, 0.5) is 0 Å². The lowest BCUT2D eigenvalue weighted by Gasteiger charge is -2.29.